The number of carbonyl (C=O) groups excluding carboxylic acids is 3. The lowest BCUT2D eigenvalue weighted by molar-refractivity contribution is -0.143. The summed E-state index contributed by atoms with van der Waals surface area (Å²) in [7, 11) is 2.77. The van der Waals surface area contributed by atoms with Crippen LogP contribution in [0.4, 0.5) is 4.79 Å². The molecule has 7 nitrogen and oxygen atoms in total. The molecular weight excluding hydrogens is 288 g/mol. The Balaban J connectivity index is 2.22. The fourth-order valence-corrected chi connectivity index (χ4v) is 2.07. The van der Waals surface area contributed by atoms with Crippen molar-refractivity contribution in [2.24, 2.45) is 0 Å². The second-order valence-corrected chi connectivity index (χ2v) is 4.68. The van der Waals surface area contributed by atoms with E-state index < -0.39 is 24.5 Å². The predicted molar refractivity (Wildman–Crippen MR) is 78.0 cm³/mol. The number of nitrogens with zero attached hydrogens (tertiary/aromatic N) is 1. The first kappa shape index (κ1) is 15.6. The molecule has 1 aromatic carbocycles. The fourth-order valence-electron chi connectivity index (χ4n) is 2.07. The first-order chi connectivity index (χ1) is 10.5. The van der Waals surface area contributed by atoms with E-state index >= 15 is 0 Å². The van der Waals surface area contributed by atoms with Crippen molar-refractivity contribution in [2.45, 2.75) is 6.92 Å². The normalized spacial score (nSPS) is 16.0. The number of rotatable bonds is 4. The number of ether oxygens (including phenoxy) is 2. The van der Waals surface area contributed by atoms with Crippen molar-refractivity contribution in [3.63, 3.8) is 0 Å². The summed E-state index contributed by atoms with van der Waals surface area (Å²) in [5.74, 6) is -0.495. The Kier molecular flexibility index (Phi) is 4.45. The number of benzene rings is 1. The van der Waals surface area contributed by atoms with Gasteiger partial charge in [0.05, 0.1) is 14.2 Å². The van der Waals surface area contributed by atoms with E-state index in [2.05, 4.69) is 10.1 Å². The minimum absolute atomic E-state index is 0.110. The molecule has 22 heavy (non-hydrogen) atoms. The highest BCUT2D eigenvalue weighted by Crippen LogP contribution is 2.21. The van der Waals surface area contributed by atoms with Crippen LogP contribution in [-0.4, -0.2) is 43.6 Å². The van der Waals surface area contributed by atoms with Crippen molar-refractivity contribution < 1.29 is 23.9 Å². The van der Waals surface area contributed by atoms with E-state index in [0.717, 1.165) is 21.8 Å². The van der Waals surface area contributed by atoms with E-state index in [9.17, 15) is 14.4 Å². The van der Waals surface area contributed by atoms with Gasteiger partial charge < -0.3 is 14.8 Å². The number of urea groups is 1. The van der Waals surface area contributed by atoms with Crippen LogP contribution in [-0.2, 0) is 14.3 Å². The molecule has 0 atom stereocenters. The second-order valence-electron chi connectivity index (χ2n) is 4.68. The summed E-state index contributed by atoms with van der Waals surface area (Å²) in [5.41, 5.74) is 1.75. The molecule has 0 saturated carbocycles. The van der Waals surface area contributed by atoms with E-state index in [1.165, 1.54) is 7.11 Å². The SMILES string of the molecule is COC(=O)CN1C(=O)NC(=Cc2ccc(OC)c(C)c2)C1=O. The van der Waals surface area contributed by atoms with Gasteiger partial charge >= 0.3 is 12.0 Å². The number of aryl methyl sites for hydroxylation is 1. The van der Waals surface area contributed by atoms with Crippen molar-refractivity contribution in [1.29, 1.82) is 0 Å². The molecule has 1 aliphatic rings. The minimum Gasteiger partial charge on any atom is -0.496 e. The van der Waals surface area contributed by atoms with Crippen LogP contribution < -0.4 is 10.1 Å². The van der Waals surface area contributed by atoms with Gasteiger partial charge in [0.2, 0.25) is 0 Å². The van der Waals surface area contributed by atoms with Gasteiger partial charge in [-0.3, -0.25) is 9.59 Å². The number of imide groups is 1. The fraction of sp³-hybridized carbons (Fsp3) is 0.267. The van der Waals surface area contributed by atoms with Crippen molar-refractivity contribution in [1.82, 2.24) is 10.2 Å². The summed E-state index contributed by atoms with van der Waals surface area (Å²) < 4.78 is 9.62. The zero-order valence-electron chi connectivity index (χ0n) is 12.5. The molecule has 3 amide bonds. The van der Waals surface area contributed by atoms with E-state index in [0.29, 0.717) is 0 Å². The van der Waals surface area contributed by atoms with Crippen molar-refractivity contribution in [3.05, 3.63) is 35.0 Å². The Hall–Kier alpha value is -2.83. The molecular formula is C15H16N2O5. The summed E-state index contributed by atoms with van der Waals surface area (Å²) in [6, 6.07) is 4.72. The van der Waals surface area contributed by atoms with Gasteiger partial charge in [-0.2, -0.15) is 0 Å². The van der Waals surface area contributed by atoms with E-state index in [4.69, 9.17) is 4.74 Å². The Bertz CT molecular complexity index is 666. The molecule has 1 saturated heterocycles. The predicted octanol–water partition coefficient (Wildman–Crippen LogP) is 1.07. The van der Waals surface area contributed by atoms with Gasteiger partial charge in [-0.1, -0.05) is 6.07 Å². The number of nitrogens with one attached hydrogen (secondary N) is 1. The number of methoxy groups -OCH3 is 2. The maximum Gasteiger partial charge on any atom is 0.329 e. The third-order valence-corrected chi connectivity index (χ3v) is 3.21. The third-order valence-electron chi connectivity index (χ3n) is 3.21. The van der Waals surface area contributed by atoms with Crippen LogP contribution in [0.3, 0.4) is 0 Å². The van der Waals surface area contributed by atoms with Crippen molar-refractivity contribution >= 4 is 24.0 Å². The van der Waals surface area contributed by atoms with Gasteiger partial charge in [-0.05, 0) is 36.3 Å². The molecule has 116 valence electrons. The number of esters is 1. The maximum absolute atomic E-state index is 12.1. The highest BCUT2D eigenvalue weighted by Gasteiger charge is 2.35. The standard InChI is InChI=1S/C15H16N2O5/c1-9-6-10(4-5-12(9)21-2)7-11-14(19)17(15(20)16-11)8-13(18)22-3/h4-7H,8H2,1-3H3,(H,16,20). The highest BCUT2D eigenvalue weighted by molar-refractivity contribution is 6.15. The Labute approximate surface area is 127 Å². The topological polar surface area (TPSA) is 84.9 Å². The van der Waals surface area contributed by atoms with Gasteiger partial charge in [-0.25, -0.2) is 9.69 Å². The van der Waals surface area contributed by atoms with E-state index in [-0.39, 0.29) is 5.70 Å². The first-order valence-corrected chi connectivity index (χ1v) is 6.52. The maximum atomic E-state index is 12.1. The zero-order valence-corrected chi connectivity index (χ0v) is 12.5. The first-order valence-electron chi connectivity index (χ1n) is 6.52. The molecule has 0 radical (unpaired) electrons. The van der Waals surface area contributed by atoms with Gasteiger partial charge in [0.1, 0.15) is 18.0 Å². The van der Waals surface area contributed by atoms with Crippen LogP contribution in [0.1, 0.15) is 11.1 Å². The molecule has 1 heterocycles. The molecule has 0 spiro atoms. The molecule has 1 N–H and O–H groups in total. The van der Waals surface area contributed by atoms with Crippen molar-refractivity contribution in [2.75, 3.05) is 20.8 Å². The van der Waals surface area contributed by atoms with E-state index in [1.54, 1.807) is 25.3 Å². The van der Waals surface area contributed by atoms with Crippen LogP contribution in [0.5, 0.6) is 5.75 Å². The summed E-state index contributed by atoms with van der Waals surface area (Å²) >= 11 is 0. The Morgan fingerprint density at radius 2 is 2.05 bits per heavy atom. The summed E-state index contributed by atoms with van der Waals surface area (Å²) in [5, 5.41) is 2.44. The van der Waals surface area contributed by atoms with Crippen molar-refractivity contribution in [3.8, 4) is 5.75 Å². The molecule has 2 rings (SSSR count). The lowest BCUT2D eigenvalue weighted by Gasteiger charge is -2.09. The van der Waals surface area contributed by atoms with Gasteiger partial charge in [-0.15, -0.1) is 0 Å². The molecule has 1 fully saturated rings. The Morgan fingerprint density at radius 3 is 2.64 bits per heavy atom. The quantitative estimate of drug-likeness (QED) is 0.511. The summed E-state index contributed by atoms with van der Waals surface area (Å²) in [4.78, 5) is 35.9. The minimum atomic E-state index is -0.662. The number of carbonyl (C=O) groups is 3. The third kappa shape index (κ3) is 3.08. The molecule has 0 aliphatic carbocycles. The van der Waals surface area contributed by atoms with Crippen LogP contribution in [0.2, 0.25) is 0 Å². The lowest BCUT2D eigenvalue weighted by atomic mass is 10.1. The average Bonchev–Trinajstić information content (AvgIpc) is 2.75. The molecule has 0 bridgehead atoms. The summed E-state index contributed by atoms with van der Waals surface area (Å²) in [6.45, 7) is 1.46. The zero-order chi connectivity index (χ0) is 16.3. The van der Waals surface area contributed by atoms with E-state index in [1.807, 2.05) is 13.0 Å². The van der Waals surface area contributed by atoms with Crippen LogP contribution in [0.25, 0.3) is 6.08 Å². The monoisotopic (exact) mass is 304 g/mol. The number of hydrogen-bond acceptors (Lipinski definition) is 5. The van der Waals surface area contributed by atoms with Gasteiger partial charge in [0.25, 0.3) is 5.91 Å². The smallest absolute Gasteiger partial charge is 0.329 e. The highest BCUT2D eigenvalue weighted by atomic mass is 16.5. The molecule has 7 heteroatoms. The molecule has 1 aromatic rings. The van der Waals surface area contributed by atoms with Crippen LogP contribution in [0, 0.1) is 6.92 Å². The number of hydrogen-bond donors (Lipinski definition) is 1. The van der Waals surface area contributed by atoms with Gasteiger partial charge in [0, 0.05) is 0 Å². The molecule has 0 aromatic heterocycles. The molecule has 0 unspecified atom stereocenters. The second kappa shape index (κ2) is 6.30. The summed E-state index contributed by atoms with van der Waals surface area (Å²) in [6.07, 6.45) is 1.55. The lowest BCUT2D eigenvalue weighted by Crippen LogP contribution is -2.36. The van der Waals surface area contributed by atoms with Gasteiger partial charge in [0.15, 0.2) is 0 Å². The van der Waals surface area contributed by atoms with Crippen LogP contribution >= 0.6 is 0 Å². The largest absolute Gasteiger partial charge is 0.496 e. The number of amides is 3. The molecule has 1 aliphatic heterocycles. The van der Waals surface area contributed by atoms with Crippen LogP contribution in [0.15, 0.2) is 23.9 Å². The average molecular weight is 304 g/mol. The Morgan fingerprint density at radius 1 is 1.32 bits per heavy atom.